The molecule has 1 fully saturated rings. The van der Waals surface area contributed by atoms with Crippen molar-refractivity contribution in [3.8, 4) is 11.7 Å². The van der Waals surface area contributed by atoms with Crippen LogP contribution in [0.1, 0.15) is 17.2 Å². The molecule has 39 heavy (non-hydrogen) atoms. The van der Waals surface area contributed by atoms with Crippen LogP contribution in [0.2, 0.25) is 0 Å². The van der Waals surface area contributed by atoms with Gasteiger partial charge in [0.1, 0.15) is 5.82 Å². The maximum atomic E-state index is 13.6. The number of piperazine rings is 1. The van der Waals surface area contributed by atoms with Crippen LogP contribution < -0.4 is 4.90 Å². The summed E-state index contributed by atoms with van der Waals surface area (Å²) in [5.41, 5.74) is 2.38. The van der Waals surface area contributed by atoms with Crippen molar-refractivity contribution < 1.29 is 21.6 Å². The van der Waals surface area contributed by atoms with Gasteiger partial charge in [0, 0.05) is 26.2 Å². The van der Waals surface area contributed by atoms with E-state index in [9.17, 15) is 12.8 Å². The lowest BCUT2D eigenvalue weighted by molar-refractivity contribution is 0.209. The minimum atomic E-state index is -4.09. The molecule has 0 N–H and O–H groups in total. The highest BCUT2D eigenvalue weighted by molar-refractivity contribution is 7.91. The van der Waals surface area contributed by atoms with E-state index in [2.05, 4.69) is 34.1 Å². The van der Waals surface area contributed by atoms with Crippen LogP contribution in [-0.4, -0.2) is 44.5 Å². The molecular formula is C30H26FN3O4S. The number of sulfone groups is 1. The van der Waals surface area contributed by atoms with Crippen molar-refractivity contribution in [2.45, 2.75) is 16.0 Å². The number of hydrogen-bond donors (Lipinski definition) is 0. The van der Waals surface area contributed by atoms with Gasteiger partial charge in [-0.25, -0.2) is 12.8 Å². The van der Waals surface area contributed by atoms with Crippen LogP contribution in [0.3, 0.4) is 0 Å². The highest BCUT2D eigenvalue weighted by Gasteiger charge is 2.34. The lowest BCUT2D eigenvalue weighted by Gasteiger charge is -2.39. The maximum absolute atomic E-state index is 13.6. The third-order valence-corrected chi connectivity index (χ3v) is 8.55. The first-order chi connectivity index (χ1) is 19.0. The Bertz CT molecular complexity index is 1590. The normalized spacial score (nSPS) is 14.7. The molecule has 0 amide bonds. The van der Waals surface area contributed by atoms with Crippen molar-refractivity contribution in [3.05, 3.63) is 120 Å². The van der Waals surface area contributed by atoms with Gasteiger partial charge in [-0.2, -0.15) is 4.98 Å². The molecule has 0 saturated carbocycles. The van der Waals surface area contributed by atoms with Gasteiger partial charge >= 0.3 is 0 Å². The summed E-state index contributed by atoms with van der Waals surface area (Å²) in [6.07, 6.45) is 1.47. The number of oxazole rings is 1. The number of nitrogens with zero attached hydrogens (tertiary/aromatic N) is 3. The standard InChI is InChI=1S/C30H26FN3O4S/c31-24-13-15-25(16-14-24)39(35,36)29-30(38-28(32-29)26-12-7-21-37-26)34-19-17-33(18-20-34)27(22-8-3-1-4-9-22)23-10-5-2-6-11-23/h1-16,21,27H,17-20H2. The number of benzene rings is 3. The second kappa shape index (κ2) is 10.5. The zero-order valence-electron chi connectivity index (χ0n) is 21.0. The van der Waals surface area contributed by atoms with Gasteiger partial charge in [-0.1, -0.05) is 60.7 Å². The predicted molar refractivity (Wildman–Crippen MR) is 145 cm³/mol. The summed E-state index contributed by atoms with van der Waals surface area (Å²) in [6.45, 7) is 2.38. The highest BCUT2D eigenvalue weighted by atomic mass is 32.2. The first kappa shape index (κ1) is 25.1. The molecule has 6 rings (SSSR count). The third-order valence-electron chi connectivity index (χ3n) is 6.89. The van der Waals surface area contributed by atoms with E-state index in [1.807, 2.05) is 41.3 Å². The quantitative estimate of drug-likeness (QED) is 0.239. The fraction of sp³-hybridized carbons (Fsp3) is 0.167. The molecule has 198 valence electrons. The Labute approximate surface area is 226 Å². The van der Waals surface area contributed by atoms with Crippen LogP contribution in [0, 0.1) is 5.82 Å². The summed E-state index contributed by atoms with van der Waals surface area (Å²) in [4.78, 5) is 8.58. The summed E-state index contributed by atoms with van der Waals surface area (Å²) in [5, 5.41) is -0.211. The zero-order valence-corrected chi connectivity index (χ0v) is 21.8. The molecule has 0 spiro atoms. The molecule has 2 aromatic heterocycles. The smallest absolute Gasteiger partial charge is 0.266 e. The average molecular weight is 544 g/mol. The van der Waals surface area contributed by atoms with E-state index in [0.717, 1.165) is 12.1 Å². The number of furan rings is 1. The van der Waals surface area contributed by atoms with Gasteiger partial charge < -0.3 is 13.7 Å². The molecule has 0 atom stereocenters. The average Bonchev–Trinajstić information content (AvgIpc) is 3.66. The van der Waals surface area contributed by atoms with Crippen LogP contribution >= 0.6 is 0 Å². The van der Waals surface area contributed by atoms with Crippen molar-refractivity contribution >= 4 is 15.7 Å². The van der Waals surface area contributed by atoms with Crippen LogP contribution in [-0.2, 0) is 9.84 Å². The Kier molecular flexibility index (Phi) is 6.76. The molecule has 1 aliphatic rings. The molecule has 1 saturated heterocycles. The van der Waals surface area contributed by atoms with Crippen LogP contribution in [0.25, 0.3) is 11.7 Å². The fourth-order valence-electron chi connectivity index (χ4n) is 4.97. The molecule has 0 aliphatic carbocycles. The van der Waals surface area contributed by atoms with Crippen molar-refractivity contribution in [1.82, 2.24) is 9.88 Å². The van der Waals surface area contributed by atoms with Crippen molar-refractivity contribution in [2.24, 2.45) is 0 Å². The van der Waals surface area contributed by atoms with Gasteiger partial charge in [-0.15, -0.1) is 0 Å². The fourth-order valence-corrected chi connectivity index (χ4v) is 6.29. The lowest BCUT2D eigenvalue weighted by Crippen LogP contribution is -2.48. The Morgan fingerprint density at radius 2 is 1.38 bits per heavy atom. The van der Waals surface area contributed by atoms with Gasteiger partial charge in [-0.3, -0.25) is 4.90 Å². The van der Waals surface area contributed by atoms with E-state index in [1.54, 1.807) is 12.1 Å². The molecule has 3 aromatic carbocycles. The molecule has 9 heteroatoms. The van der Waals surface area contributed by atoms with E-state index in [0.29, 0.717) is 31.9 Å². The van der Waals surface area contributed by atoms with E-state index >= 15 is 0 Å². The SMILES string of the molecule is O=S(=O)(c1ccc(F)cc1)c1nc(-c2ccco2)oc1N1CCN(C(c2ccccc2)c2ccccc2)CC1. The maximum Gasteiger partial charge on any atom is 0.266 e. The van der Waals surface area contributed by atoms with Crippen LogP contribution in [0.15, 0.2) is 122 Å². The zero-order chi connectivity index (χ0) is 26.8. The van der Waals surface area contributed by atoms with Crippen molar-refractivity contribution in [2.75, 3.05) is 31.1 Å². The minimum Gasteiger partial charge on any atom is -0.459 e. The molecule has 7 nitrogen and oxygen atoms in total. The van der Waals surface area contributed by atoms with E-state index in [-0.39, 0.29) is 27.7 Å². The highest BCUT2D eigenvalue weighted by Crippen LogP contribution is 2.37. The monoisotopic (exact) mass is 543 g/mol. The first-order valence-electron chi connectivity index (χ1n) is 12.6. The van der Waals surface area contributed by atoms with E-state index in [4.69, 9.17) is 8.83 Å². The van der Waals surface area contributed by atoms with Crippen molar-refractivity contribution in [3.63, 3.8) is 0 Å². The van der Waals surface area contributed by atoms with Gasteiger partial charge in [0.05, 0.1) is 17.2 Å². The van der Waals surface area contributed by atoms with Gasteiger partial charge in [0.25, 0.3) is 5.89 Å². The number of hydrogen-bond acceptors (Lipinski definition) is 7. The Morgan fingerprint density at radius 1 is 0.769 bits per heavy atom. The summed E-state index contributed by atoms with van der Waals surface area (Å²) in [7, 11) is -4.09. The van der Waals surface area contributed by atoms with Crippen LogP contribution in [0.5, 0.6) is 0 Å². The summed E-state index contributed by atoms with van der Waals surface area (Å²) in [5.74, 6) is 0.0303. The van der Waals surface area contributed by atoms with Gasteiger partial charge in [0.2, 0.25) is 20.7 Å². The summed E-state index contributed by atoms with van der Waals surface area (Å²) in [6, 6.07) is 28.8. The Morgan fingerprint density at radius 3 is 1.95 bits per heavy atom. The van der Waals surface area contributed by atoms with Crippen LogP contribution in [0.4, 0.5) is 10.3 Å². The van der Waals surface area contributed by atoms with Gasteiger partial charge in [0.15, 0.2) is 5.76 Å². The Balaban J connectivity index is 1.32. The molecular weight excluding hydrogens is 517 g/mol. The Hall–Kier alpha value is -4.21. The first-order valence-corrected chi connectivity index (χ1v) is 14.1. The van der Waals surface area contributed by atoms with E-state index in [1.165, 1.54) is 29.5 Å². The molecule has 0 bridgehead atoms. The second-order valence-corrected chi connectivity index (χ2v) is 11.2. The number of halogens is 1. The molecule has 5 aromatic rings. The van der Waals surface area contributed by atoms with E-state index < -0.39 is 15.7 Å². The van der Waals surface area contributed by atoms with Gasteiger partial charge in [-0.05, 0) is 47.5 Å². The summed E-state index contributed by atoms with van der Waals surface area (Å²) >= 11 is 0. The molecule has 0 unspecified atom stereocenters. The molecule has 3 heterocycles. The third kappa shape index (κ3) is 4.98. The summed E-state index contributed by atoms with van der Waals surface area (Å²) < 4.78 is 52.2. The predicted octanol–water partition coefficient (Wildman–Crippen LogP) is 5.82. The number of aromatic nitrogens is 1. The number of anilines is 1. The second-order valence-electron chi connectivity index (χ2n) is 9.31. The molecule has 0 radical (unpaired) electrons. The lowest BCUT2D eigenvalue weighted by atomic mass is 9.96. The van der Waals surface area contributed by atoms with Crippen molar-refractivity contribution in [1.29, 1.82) is 0 Å². The number of rotatable bonds is 7. The minimum absolute atomic E-state index is 0.0590. The topological polar surface area (TPSA) is 79.8 Å². The largest absolute Gasteiger partial charge is 0.459 e. The molecule has 1 aliphatic heterocycles.